The number of amides is 2. The highest BCUT2D eigenvalue weighted by Crippen LogP contribution is 2.27. The summed E-state index contributed by atoms with van der Waals surface area (Å²) in [5, 5.41) is 11.7. The Morgan fingerprint density at radius 1 is 1.23 bits per heavy atom. The molecule has 0 spiro atoms. The van der Waals surface area contributed by atoms with Crippen LogP contribution in [0, 0.1) is 0 Å². The average molecular weight is 408 g/mol. The van der Waals surface area contributed by atoms with Crippen LogP contribution in [0.25, 0.3) is 0 Å². The molecule has 134 valence electrons. The lowest BCUT2D eigenvalue weighted by Crippen LogP contribution is -2.15. The van der Waals surface area contributed by atoms with Crippen molar-refractivity contribution < 1.29 is 14.3 Å². The number of benzene rings is 1. The Hall–Kier alpha value is -2.42. The van der Waals surface area contributed by atoms with Crippen LogP contribution in [-0.2, 0) is 11.2 Å². The van der Waals surface area contributed by atoms with Gasteiger partial charge in [-0.25, -0.2) is 4.98 Å². The summed E-state index contributed by atoms with van der Waals surface area (Å²) in [7, 11) is 1.52. The van der Waals surface area contributed by atoms with Crippen molar-refractivity contribution >= 4 is 56.9 Å². The van der Waals surface area contributed by atoms with E-state index in [1.165, 1.54) is 29.8 Å². The Morgan fingerprint density at radius 2 is 2.08 bits per heavy atom. The van der Waals surface area contributed by atoms with Gasteiger partial charge in [0.15, 0.2) is 5.13 Å². The molecule has 26 heavy (non-hydrogen) atoms. The van der Waals surface area contributed by atoms with Crippen molar-refractivity contribution in [2.75, 3.05) is 17.7 Å². The summed E-state index contributed by atoms with van der Waals surface area (Å²) in [6, 6.07) is 6.74. The van der Waals surface area contributed by atoms with Crippen LogP contribution in [0.15, 0.2) is 40.4 Å². The van der Waals surface area contributed by atoms with Crippen LogP contribution in [0.4, 0.5) is 10.8 Å². The van der Waals surface area contributed by atoms with Gasteiger partial charge in [0.05, 0.1) is 29.8 Å². The first-order chi connectivity index (χ1) is 12.5. The smallest absolute Gasteiger partial charge is 0.258 e. The number of rotatable bonds is 6. The van der Waals surface area contributed by atoms with Crippen molar-refractivity contribution in [2.24, 2.45) is 0 Å². The van der Waals surface area contributed by atoms with Gasteiger partial charge >= 0.3 is 0 Å². The molecule has 0 aliphatic heterocycles. The maximum Gasteiger partial charge on any atom is 0.258 e. The van der Waals surface area contributed by atoms with E-state index in [0.717, 1.165) is 0 Å². The molecule has 0 aliphatic carbocycles. The third-order valence-corrected chi connectivity index (χ3v) is 5.12. The number of carbonyl (C=O) groups is 2. The van der Waals surface area contributed by atoms with Crippen LogP contribution in [0.5, 0.6) is 5.75 Å². The molecule has 2 aromatic heterocycles. The number of thiazole rings is 1. The molecule has 1 aromatic carbocycles. The van der Waals surface area contributed by atoms with Gasteiger partial charge in [-0.1, -0.05) is 11.6 Å². The quantitative estimate of drug-likeness (QED) is 0.638. The number of hydrogen-bond acceptors (Lipinski definition) is 6. The SMILES string of the molecule is COc1ccc(NC(=O)Cc2csc(NC(=O)c3ccsc3)n2)cc1Cl. The molecule has 3 rings (SSSR count). The van der Waals surface area contributed by atoms with E-state index < -0.39 is 0 Å². The normalized spacial score (nSPS) is 10.4. The number of hydrogen-bond donors (Lipinski definition) is 2. The van der Waals surface area contributed by atoms with Crippen LogP contribution < -0.4 is 15.4 Å². The van der Waals surface area contributed by atoms with Gasteiger partial charge in [0.25, 0.3) is 5.91 Å². The zero-order valence-corrected chi connectivity index (χ0v) is 16.0. The van der Waals surface area contributed by atoms with E-state index in [9.17, 15) is 9.59 Å². The maximum atomic E-state index is 12.2. The molecule has 0 bridgehead atoms. The van der Waals surface area contributed by atoms with Gasteiger partial charge < -0.3 is 10.1 Å². The second kappa shape index (κ2) is 8.31. The van der Waals surface area contributed by atoms with Crippen LogP contribution in [0.1, 0.15) is 16.1 Å². The third-order valence-electron chi connectivity index (χ3n) is 3.33. The van der Waals surface area contributed by atoms with Crippen molar-refractivity contribution in [2.45, 2.75) is 6.42 Å². The first-order valence-electron chi connectivity index (χ1n) is 7.46. The minimum atomic E-state index is -0.229. The van der Waals surface area contributed by atoms with Crippen molar-refractivity contribution in [1.29, 1.82) is 0 Å². The molecule has 6 nitrogen and oxygen atoms in total. The van der Waals surface area contributed by atoms with Crippen LogP contribution >= 0.6 is 34.3 Å². The van der Waals surface area contributed by atoms with Gasteiger partial charge in [-0.2, -0.15) is 11.3 Å². The second-order valence-corrected chi connectivity index (χ2v) is 7.23. The number of thiophene rings is 1. The maximum absolute atomic E-state index is 12.2. The molecule has 0 aliphatic rings. The minimum Gasteiger partial charge on any atom is -0.495 e. The molecule has 0 fully saturated rings. The number of halogens is 1. The summed E-state index contributed by atoms with van der Waals surface area (Å²) in [6.45, 7) is 0. The minimum absolute atomic E-state index is 0.0917. The van der Waals surface area contributed by atoms with E-state index in [4.69, 9.17) is 16.3 Å². The van der Waals surface area contributed by atoms with E-state index in [0.29, 0.717) is 32.8 Å². The summed E-state index contributed by atoms with van der Waals surface area (Å²) in [5.41, 5.74) is 1.73. The highest BCUT2D eigenvalue weighted by atomic mass is 35.5. The molecule has 2 amide bonds. The number of nitrogens with zero attached hydrogens (tertiary/aromatic N) is 1. The summed E-state index contributed by atoms with van der Waals surface area (Å²) < 4.78 is 5.07. The van der Waals surface area contributed by atoms with Gasteiger partial charge in [-0.15, -0.1) is 11.3 Å². The molecule has 0 saturated heterocycles. The van der Waals surface area contributed by atoms with Crippen LogP contribution in [0.2, 0.25) is 5.02 Å². The number of methoxy groups -OCH3 is 1. The summed E-state index contributed by atoms with van der Waals surface area (Å²) >= 11 is 8.76. The second-order valence-electron chi connectivity index (χ2n) is 5.18. The van der Waals surface area contributed by atoms with E-state index in [1.54, 1.807) is 35.0 Å². The van der Waals surface area contributed by atoms with Crippen molar-refractivity contribution in [3.63, 3.8) is 0 Å². The Balaban J connectivity index is 1.57. The standard InChI is InChI=1S/C17H14ClN3O3S2/c1-24-14-3-2-11(6-13(14)18)19-15(22)7-12-9-26-17(20-12)21-16(23)10-4-5-25-8-10/h2-6,8-9H,7H2,1H3,(H,19,22)(H,20,21,23). The molecule has 3 aromatic rings. The Bertz CT molecular complexity index is 925. The lowest BCUT2D eigenvalue weighted by Gasteiger charge is -2.07. The summed E-state index contributed by atoms with van der Waals surface area (Å²) in [4.78, 5) is 28.4. The molecule has 0 radical (unpaired) electrons. The fraction of sp³-hybridized carbons (Fsp3) is 0.118. The molecular formula is C17H14ClN3O3S2. The predicted octanol–water partition coefficient (Wildman–Crippen LogP) is 4.30. The third kappa shape index (κ3) is 4.60. The molecule has 0 saturated carbocycles. The lowest BCUT2D eigenvalue weighted by atomic mass is 10.2. The molecule has 0 atom stereocenters. The zero-order valence-electron chi connectivity index (χ0n) is 13.6. The molecule has 2 N–H and O–H groups in total. The van der Waals surface area contributed by atoms with Crippen molar-refractivity contribution in [3.05, 3.63) is 56.7 Å². The van der Waals surface area contributed by atoms with Crippen molar-refractivity contribution in [1.82, 2.24) is 4.98 Å². The topological polar surface area (TPSA) is 80.3 Å². The summed E-state index contributed by atoms with van der Waals surface area (Å²) in [6.07, 6.45) is 0.0917. The van der Waals surface area contributed by atoms with Gasteiger partial charge in [-0.05, 0) is 29.6 Å². The summed E-state index contributed by atoms with van der Waals surface area (Å²) in [5.74, 6) is 0.0897. The molecule has 0 unspecified atom stereocenters. The lowest BCUT2D eigenvalue weighted by molar-refractivity contribution is -0.115. The van der Waals surface area contributed by atoms with Gasteiger partial charge in [-0.3, -0.25) is 14.9 Å². The molecule has 2 heterocycles. The van der Waals surface area contributed by atoms with E-state index in [2.05, 4.69) is 15.6 Å². The fourth-order valence-corrected chi connectivity index (χ4v) is 3.72. The Kier molecular flexibility index (Phi) is 5.87. The number of nitrogens with one attached hydrogen (secondary N) is 2. The highest BCUT2D eigenvalue weighted by molar-refractivity contribution is 7.14. The first kappa shape index (κ1) is 18.4. The van der Waals surface area contributed by atoms with Gasteiger partial charge in [0, 0.05) is 16.4 Å². The number of aromatic nitrogens is 1. The predicted molar refractivity (Wildman–Crippen MR) is 105 cm³/mol. The Labute approximate surface area is 162 Å². The van der Waals surface area contributed by atoms with Crippen LogP contribution in [-0.4, -0.2) is 23.9 Å². The molecule has 9 heteroatoms. The number of ether oxygens (including phenoxy) is 1. The number of carbonyl (C=O) groups excluding carboxylic acids is 2. The van der Waals surface area contributed by atoms with Crippen molar-refractivity contribution in [3.8, 4) is 5.75 Å². The monoisotopic (exact) mass is 407 g/mol. The van der Waals surface area contributed by atoms with E-state index >= 15 is 0 Å². The molecular weight excluding hydrogens is 394 g/mol. The average Bonchev–Trinajstić information content (AvgIpc) is 3.27. The van der Waals surface area contributed by atoms with Crippen LogP contribution in [0.3, 0.4) is 0 Å². The van der Waals surface area contributed by atoms with Gasteiger partial charge in [0.2, 0.25) is 5.91 Å². The largest absolute Gasteiger partial charge is 0.495 e. The highest BCUT2D eigenvalue weighted by Gasteiger charge is 2.12. The van der Waals surface area contributed by atoms with Gasteiger partial charge in [0.1, 0.15) is 5.75 Å². The number of anilines is 2. The van der Waals surface area contributed by atoms with E-state index in [-0.39, 0.29) is 18.2 Å². The zero-order chi connectivity index (χ0) is 18.5. The fourth-order valence-electron chi connectivity index (χ4n) is 2.12. The van der Waals surface area contributed by atoms with E-state index in [1.807, 2.05) is 5.38 Å². The first-order valence-corrected chi connectivity index (χ1v) is 9.66. The Morgan fingerprint density at radius 3 is 2.77 bits per heavy atom.